The number of terminal acetylenes is 1. The average molecular weight is 1230 g/mol. The summed E-state index contributed by atoms with van der Waals surface area (Å²) < 4.78 is 24.5. The van der Waals surface area contributed by atoms with Crippen LogP contribution in [0.3, 0.4) is 0 Å². The van der Waals surface area contributed by atoms with Crippen LogP contribution in [-0.4, -0.2) is 130 Å². The van der Waals surface area contributed by atoms with E-state index in [4.69, 9.17) is 20.1 Å². The predicted octanol–water partition coefficient (Wildman–Crippen LogP) is 3.88. The molecule has 6 amide bonds. The van der Waals surface area contributed by atoms with Gasteiger partial charge in [-0.15, -0.1) is 0 Å². The molecule has 430 valence electrons. The molecule has 3 aromatic carbocycles. The third kappa shape index (κ3) is 20.5. The molecule has 5 atom stereocenters. The molecule has 1 fully saturated rings. The first-order chi connectivity index (χ1) is 39.5. The van der Waals surface area contributed by atoms with Crippen LogP contribution in [0.1, 0.15) is 81.6 Å². The molecule has 0 spiro atoms. The quantitative estimate of drug-likeness (QED) is 0.0107. The van der Waals surface area contributed by atoms with Gasteiger partial charge in [-0.1, -0.05) is 6.42 Å². The summed E-state index contributed by atoms with van der Waals surface area (Å²) in [6.45, 7) is 12.1. The standard InChI is InChI=1S/C57H72B3IN12O9/c1-9-63-35-47(62-8)54(76)68-44(31-41-19-13-10-14-20-41)52(74)71-50(29-38(2)3)58-80-59(51(30-39(4)5)72-53(75)45(32-42-21-15-11-16-22-42)69-55(77)48-36-64-25-27-66-48)82-60(81-58)61(34-40(6)7)73-57(79)46(33-43-23-17-12-18-24-43)70-56(78)49-37-65-26-28-67-49/h1,10-28,35,37-40,44-46,50-51,64H,29-34,36H2,2-8H3,(H,68,76)(H,69,77)(H,70,78)(H,71,74)(H,72,75)(H,73,79)/t44-,45-,46-,50-,51-/m0/s1. The molecule has 2 aliphatic heterocycles. The summed E-state index contributed by atoms with van der Waals surface area (Å²) >= 11 is -3.19. The van der Waals surface area contributed by atoms with E-state index >= 15 is 0 Å². The van der Waals surface area contributed by atoms with Gasteiger partial charge in [0.2, 0.25) is 0 Å². The predicted molar refractivity (Wildman–Crippen MR) is 328 cm³/mol. The molecule has 7 N–H and O–H groups in total. The molecule has 82 heavy (non-hydrogen) atoms. The van der Waals surface area contributed by atoms with Gasteiger partial charge >= 0.3 is 473 Å². The van der Waals surface area contributed by atoms with Gasteiger partial charge in [0, 0.05) is 12.2 Å². The van der Waals surface area contributed by atoms with E-state index < -0.39 is 105 Å². The zero-order valence-electron chi connectivity index (χ0n) is 47.3. The van der Waals surface area contributed by atoms with Crippen molar-refractivity contribution in [1.29, 1.82) is 0 Å². The molecule has 25 heteroatoms. The van der Waals surface area contributed by atoms with Crippen molar-refractivity contribution in [3.8, 4) is 12.5 Å². The van der Waals surface area contributed by atoms with Gasteiger partial charge in [0.15, 0.2) is 0 Å². The van der Waals surface area contributed by atoms with Crippen molar-refractivity contribution in [2.45, 2.75) is 104 Å². The molecule has 1 saturated heterocycles. The van der Waals surface area contributed by atoms with Crippen molar-refractivity contribution in [3.63, 3.8) is 0 Å². The molecule has 0 aliphatic carbocycles. The molecule has 2 aliphatic rings. The Morgan fingerprint density at radius 2 is 1.20 bits per heavy atom. The van der Waals surface area contributed by atoms with Crippen molar-refractivity contribution in [2.24, 2.45) is 32.7 Å². The Labute approximate surface area is 488 Å². The average Bonchev–Trinajstić information content (AvgIpc) is 3.67. The molecule has 0 bridgehead atoms. The normalized spacial score (nSPS) is 15.5. The van der Waals surface area contributed by atoms with E-state index in [9.17, 15) is 28.8 Å². The fourth-order valence-electron chi connectivity index (χ4n) is 8.81. The van der Waals surface area contributed by atoms with Crippen molar-refractivity contribution >= 4 is 92.2 Å². The van der Waals surface area contributed by atoms with Gasteiger partial charge in [-0.25, -0.2) is 0 Å². The number of nitrogens with one attached hydrogen (secondary N) is 7. The molecule has 4 aromatic rings. The second kappa shape index (κ2) is 32.8. The summed E-state index contributed by atoms with van der Waals surface area (Å²) in [6, 6.07) is 26.5. The Kier molecular flexibility index (Phi) is 25.5. The van der Waals surface area contributed by atoms with Gasteiger partial charge in [-0.3, -0.25) is 0 Å². The maximum atomic E-state index is 14.9. The summed E-state index contributed by atoms with van der Waals surface area (Å²) in [5.41, 5.74) is 2.43. The van der Waals surface area contributed by atoms with E-state index in [1.54, 1.807) is 6.20 Å². The molecule has 21 nitrogen and oxygen atoms in total. The van der Waals surface area contributed by atoms with Crippen LogP contribution < -0.4 is 35.4 Å². The SMILES string of the molecule is C#CN=CC(=NC)C(=O)N[C@@H](Cc1ccccc1)C(=O)N[C@@H](CC(C)C)B1OB([C@H](CC(C)C)NC(=O)[C@H](Cc2ccccc2)NC(=O)C2=NC=CNC2)OB(I(CC(C)C)NC(=O)[C@H](Cc2ccccc2)NC(=O)c2cnccn2)O1. The van der Waals surface area contributed by atoms with Gasteiger partial charge < -0.3 is 0 Å². The van der Waals surface area contributed by atoms with Crippen LogP contribution in [0.25, 0.3) is 0 Å². The van der Waals surface area contributed by atoms with Crippen LogP contribution in [0, 0.1) is 30.2 Å². The number of halogens is 1. The number of amides is 6. The number of hydrogen-bond acceptors (Lipinski definition) is 15. The topological polar surface area (TPSA) is 277 Å². The third-order valence-electron chi connectivity index (χ3n) is 12.6. The summed E-state index contributed by atoms with van der Waals surface area (Å²) in [4.78, 5) is 105. The Morgan fingerprint density at radius 3 is 1.65 bits per heavy atom. The van der Waals surface area contributed by atoms with Crippen molar-refractivity contribution in [1.82, 2.24) is 45.4 Å². The molecule has 6 rings (SSSR count). The molecule has 1 aromatic heterocycles. The first-order valence-electron chi connectivity index (χ1n) is 27.2. The molecule has 0 unspecified atom stereocenters. The summed E-state index contributed by atoms with van der Waals surface area (Å²) in [5, 5.41) is 17.9. The fraction of sp³-hybridized carbons (Fsp3) is 0.386. The number of benzene rings is 3. The Bertz CT molecular complexity index is 2920. The Hall–Kier alpha value is -7.53. The number of carbonyl (C=O) groups is 6. The second-order valence-corrected chi connectivity index (χ2v) is 25.5. The van der Waals surface area contributed by atoms with E-state index in [0.29, 0.717) is 10.8 Å². The van der Waals surface area contributed by atoms with E-state index in [2.05, 4.69) is 66.4 Å². The van der Waals surface area contributed by atoms with E-state index in [-0.39, 0.29) is 67.1 Å². The third-order valence-corrected chi connectivity index (χ3v) is 18.4. The maximum absolute atomic E-state index is 14.9. The summed E-state index contributed by atoms with van der Waals surface area (Å²) in [6.07, 6.45) is 14.6. The molecule has 0 saturated carbocycles. The number of aromatic nitrogens is 2. The van der Waals surface area contributed by atoms with Gasteiger partial charge in [-0.2, -0.15) is 0 Å². The van der Waals surface area contributed by atoms with Crippen LogP contribution in [-0.2, 0) is 57.0 Å². The number of carbonyl (C=O) groups excluding carboxylic acids is 6. The van der Waals surface area contributed by atoms with E-state index in [1.807, 2.05) is 133 Å². The number of rotatable bonds is 28. The second-order valence-electron chi connectivity index (χ2n) is 20.8. The van der Waals surface area contributed by atoms with Crippen LogP contribution in [0.2, 0.25) is 0 Å². The summed E-state index contributed by atoms with van der Waals surface area (Å²) in [7, 11) is -1.15. The van der Waals surface area contributed by atoms with Gasteiger partial charge in [0.1, 0.15) is 0 Å². The van der Waals surface area contributed by atoms with Crippen molar-refractivity contribution in [2.75, 3.05) is 18.0 Å². The molecular formula is C57H72B3IN12O9. The van der Waals surface area contributed by atoms with Crippen LogP contribution >= 0.6 is 19.9 Å². The number of hydrogen-bond donors (Lipinski definition) is 7. The van der Waals surface area contributed by atoms with Crippen LogP contribution in [0.15, 0.2) is 137 Å². The van der Waals surface area contributed by atoms with Crippen LogP contribution in [0.5, 0.6) is 0 Å². The van der Waals surface area contributed by atoms with Crippen molar-refractivity contribution < 1.29 is 42.5 Å². The monoisotopic (exact) mass is 1230 g/mol. The Morgan fingerprint density at radius 1 is 0.683 bits per heavy atom. The first-order valence-corrected chi connectivity index (χ1v) is 31.1. The van der Waals surface area contributed by atoms with Gasteiger partial charge in [0.05, 0.1) is 0 Å². The number of nitrogens with zero attached hydrogens (tertiary/aromatic N) is 5. The van der Waals surface area contributed by atoms with Gasteiger partial charge in [-0.05, 0) is 0 Å². The minimum atomic E-state index is -3.19. The first kappa shape index (κ1) is 63.7. The van der Waals surface area contributed by atoms with E-state index in [0.717, 1.165) is 22.9 Å². The number of aliphatic imine (C=N–C) groups is 3. The molecule has 3 heterocycles. The Balaban J connectivity index is 1.40. The molecule has 0 radical (unpaired) electrons. The number of alkyl halides is 1. The van der Waals surface area contributed by atoms with Crippen LogP contribution in [0.4, 0.5) is 0 Å². The van der Waals surface area contributed by atoms with Gasteiger partial charge in [0.25, 0.3) is 0 Å². The zero-order valence-corrected chi connectivity index (χ0v) is 49.4. The minimum absolute atomic E-state index is 0.0112. The molecular weight excluding hydrogens is 1160 g/mol. The van der Waals surface area contributed by atoms with Crippen molar-refractivity contribution in [3.05, 3.63) is 144 Å². The fourth-order valence-corrected chi connectivity index (χ4v) is 13.9. The van der Waals surface area contributed by atoms with E-state index in [1.165, 1.54) is 31.8 Å². The summed E-state index contributed by atoms with van der Waals surface area (Å²) in [5.74, 6) is -5.41. The zero-order chi connectivity index (χ0) is 59.0.